The topological polar surface area (TPSA) is 68.5 Å². The summed E-state index contributed by atoms with van der Waals surface area (Å²) in [5, 5.41) is 11.1. The lowest BCUT2D eigenvalue weighted by atomic mass is 9.98. The lowest BCUT2D eigenvalue weighted by Crippen LogP contribution is -2.35. The number of ether oxygens (including phenoxy) is 1. The van der Waals surface area contributed by atoms with E-state index >= 15 is 0 Å². The van der Waals surface area contributed by atoms with Gasteiger partial charge in [0, 0.05) is 43.5 Å². The molecule has 0 aromatic carbocycles. The van der Waals surface area contributed by atoms with Crippen LogP contribution in [0.4, 0.5) is 11.5 Å². The van der Waals surface area contributed by atoms with E-state index in [1.807, 2.05) is 4.90 Å². The second-order valence-corrected chi connectivity index (χ2v) is 5.55. The maximum Gasteiger partial charge on any atom is 0.312 e. The Morgan fingerprint density at radius 3 is 2.84 bits per heavy atom. The zero-order valence-electron chi connectivity index (χ0n) is 10.7. The van der Waals surface area contributed by atoms with E-state index < -0.39 is 0 Å². The first-order valence-electron chi connectivity index (χ1n) is 6.15. The second-order valence-electron chi connectivity index (χ2n) is 4.64. The molecule has 0 aliphatic carbocycles. The number of anilines is 1. The third-order valence-electron chi connectivity index (χ3n) is 3.33. The number of hydrogen-bond donors (Lipinski definition) is 0. The molecule has 6 nitrogen and oxygen atoms in total. The predicted octanol–water partition coefficient (Wildman–Crippen LogP) is 2.62. The molecule has 0 unspecified atom stereocenters. The van der Waals surface area contributed by atoms with Crippen LogP contribution in [0.25, 0.3) is 0 Å². The van der Waals surface area contributed by atoms with Crippen molar-refractivity contribution in [1.82, 2.24) is 4.98 Å². The number of hydrogen-bond acceptors (Lipinski definition) is 5. The second kappa shape index (κ2) is 6.29. The van der Waals surface area contributed by atoms with E-state index in [1.54, 1.807) is 13.3 Å². The van der Waals surface area contributed by atoms with Gasteiger partial charge < -0.3 is 9.64 Å². The van der Waals surface area contributed by atoms with E-state index in [0.29, 0.717) is 16.2 Å². The zero-order chi connectivity index (χ0) is 13.8. The molecule has 2 heterocycles. The summed E-state index contributed by atoms with van der Waals surface area (Å²) in [7, 11) is 1.70. The molecule has 1 aromatic rings. The van der Waals surface area contributed by atoms with E-state index in [4.69, 9.17) is 4.74 Å². The van der Waals surface area contributed by atoms with Gasteiger partial charge in [0.2, 0.25) is 5.82 Å². The van der Waals surface area contributed by atoms with Gasteiger partial charge in [-0.05, 0) is 34.7 Å². The molecule has 0 amide bonds. The Morgan fingerprint density at radius 2 is 2.26 bits per heavy atom. The molecule has 0 atom stereocenters. The highest BCUT2D eigenvalue weighted by Gasteiger charge is 2.26. The Morgan fingerprint density at radius 1 is 1.58 bits per heavy atom. The van der Waals surface area contributed by atoms with Crippen molar-refractivity contribution < 1.29 is 9.66 Å². The molecule has 0 radical (unpaired) electrons. The number of pyridine rings is 1. The fraction of sp³-hybridized carbons (Fsp3) is 0.583. The van der Waals surface area contributed by atoms with Crippen LogP contribution in [-0.2, 0) is 4.74 Å². The van der Waals surface area contributed by atoms with E-state index in [1.165, 1.54) is 6.07 Å². The minimum atomic E-state index is -0.381. The predicted molar refractivity (Wildman–Crippen MR) is 75.4 cm³/mol. The van der Waals surface area contributed by atoms with Crippen LogP contribution in [0, 0.1) is 16.0 Å². The number of aromatic nitrogens is 1. The van der Waals surface area contributed by atoms with Crippen LogP contribution in [0.5, 0.6) is 0 Å². The number of halogens is 1. The Kier molecular flexibility index (Phi) is 4.71. The zero-order valence-corrected chi connectivity index (χ0v) is 12.3. The molecule has 0 N–H and O–H groups in total. The molecule has 1 fully saturated rings. The number of piperidine rings is 1. The van der Waals surface area contributed by atoms with Crippen molar-refractivity contribution in [2.75, 3.05) is 31.7 Å². The van der Waals surface area contributed by atoms with Gasteiger partial charge in [-0.25, -0.2) is 4.98 Å². The van der Waals surface area contributed by atoms with Gasteiger partial charge in [-0.3, -0.25) is 10.1 Å². The normalized spacial score (nSPS) is 16.6. The standard InChI is InChI=1S/C12H16BrN3O3/c1-19-8-9-2-4-15(5-3-9)12-11(16(17)18)6-10(13)7-14-12/h6-7,9H,2-5,8H2,1H3. The number of nitrogens with zero attached hydrogens (tertiary/aromatic N) is 3. The van der Waals surface area contributed by atoms with Crippen molar-refractivity contribution in [1.29, 1.82) is 0 Å². The molecule has 1 aromatic heterocycles. The van der Waals surface area contributed by atoms with Crippen LogP contribution >= 0.6 is 15.9 Å². The van der Waals surface area contributed by atoms with Crippen molar-refractivity contribution >= 4 is 27.4 Å². The van der Waals surface area contributed by atoms with Crippen molar-refractivity contribution in [3.8, 4) is 0 Å². The Labute approximate surface area is 120 Å². The highest BCUT2D eigenvalue weighted by molar-refractivity contribution is 9.10. The third-order valence-corrected chi connectivity index (χ3v) is 3.76. The van der Waals surface area contributed by atoms with Crippen LogP contribution < -0.4 is 4.90 Å². The van der Waals surface area contributed by atoms with Gasteiger partial charge in [0.15, 0.2) is 0 Å². The maximum absolute atomic E-state index is 11.1. The molecule has 0 spiro atoms. The Hall–Kier alpha value is -1.21. The van der Waals surface area contributed by atoms with Crippen LogP contribution in [0.3, 0.4) is 0 Å². The molecule has 7 heteroatoms. The molecule has 104 valence electrons. The van der Waals surface area contributed by atoms with Gasteiger partial charge in [-0.15, -0.1) is 0 Å². The van der Waals surface area contributed by atoms with Gasteiger partial charge in [0.1, 0.15) is 0 Å². The number of methoxy groups -OCH3 is 1. The van der Waals surface area contributed by atoms with Crippen LogP contribution in [0.2, 0.25) is 0 Å². The largest absolute Gasteiger partial charge is 0.384 e. The molecular formula is C12H16BrN3O3. The van der Waals surface area contributed by atoms with E-state index in [9.17, 15) is 10.1 Å². The lowest BCUT2D eigenvalue weighted by Gasteiger charge is -2.32. The summed E-state index contributed by atoms with van der Waals surface area (Å²) in [6.07, 6.45) is 3.55. The molecule has 0 saturated carbocycles. The molecule has 1 aliphatic rings. The minimum absolute atomic E-state index is 0.0552. The first-order chi connectivity index (χ1) is 9.11. The van der Waals surface area contributed by atoms with Crippen molar-refractivity contribution in [2.24, 2.45) is 5.92 Å². The molecule has 1 aliphatic heterocycles. The summed E-state index contributed by atoms with van der Waals surface area (Å²) in [6.45, 7) is 2.32. The fourth-order valence-electron chi connectivity index (χ4n) is 2.35. The molecule has 19 heavy (non-hydrogen) atoms. The molecule has 0 bridgehead atoms. The highest BCUT2D eigenvalue weighted by atomic mass is 79.9. The summed E-state index contributed by atoms with van der Waals surface area (Å²) in [5.74, 6) is 1.000. The van der Waals surface area contributed by atoms with Gasteiger partial charge in [0.25, 0.3) is 0 Å². The quantitative estimate of drug-likeness (QED) is 0.627. The van der Waals surface area contributed by atoms with E-state index in [-0.39, 0.29) is 10.6 Å². The van der Waals surface area contributed by atoms with Gasteiger partial charge in [0.05, 0.1) is 4.92 Å². The minimum Gasteiger partial charge on any atom is -0.384 e. The summed E-state index contributed by atoms with van der Waals surface area (Å²) < 4.78 is 5.77. The summed E-state index contributed by atoms with van der Waals surface area (Å²) in [5.41, 5.74) is 0.0552. The fourth-order valence-corrected chi connectivity index (χ4v) is 2.67. The van der Waals surface area contributed by atoms with Crippen molar-refractivity contribution in [2.45, 2.75) is 12.8 Å². The summed E-state index contributed by atoms with van der Waals surface area (Å²) in [4.78, 5) is 16.9. The highest BCUT2D eigenvalue weighted by Crippen LogP contribution is 2.31. The molecule has 2 rings (SSSR count). The van der Waals surface area contributed by atoms with Gasteiger partial charge in [-0.2, -0.15) is 0 Å². The first-order valence-corrected chi connectivity index (χ1v) is 6.95. The average molecular weight is 330 g/mol. The first kappa shape index (κ1) is 14.2. The average Bonchev–Trinajstić information content (AvgIpc) is 2.40. The smallest absolute Gasteiger partial charge is 0.312 e. The van der Waals surface area contributed by atoms with E-state index in [2.05, 4.69) is 20.9 Å². The van der Waals surface area contributed by atoms with Gasteiger partial charge >= 0.3 is 5.69 Å². The maximum atomic E-state index is 11.1. The molecular weight excluding hydrogens is 314 g/mol. The number of rotatable bonds is 4. The van der Waals surface area contributed by atoms with Gasteiger partial charge in [-0.1, -0.05) is 0 Å². The Bertz CT molecular complexity index is 462. The Balaban J connectivity index is 2.13. The monoisotopic (exact) mass is 329 g/mol. The summed E-state index contributed by atoms with van der Waals surface area (Å²) >= 11 is 3.22. The van der Waals surface area contributed by atoms with Crippen molar-refractivity contribution in [3.63, 3.8) is 0 Å². The van der Waals surface area contributed by atoms with Crippen LogP contribution in [-0.4, -0.2) is 36.7 Å². The SMILES string of the molecule is COCC1CCN(c2ncc(Br)cc2[N+](=O)[O-])CC1. The van der Waals surface area contributed by atoms with Crippen LogP contribution in [0.1, 0.15) is 12.8 Å². The summed E-state index contributed by atoms with van der Waals surface area (Å²) in [6, 6.07) is 1.50. The molecule has 1 saturated heterocycles. The van der Waals surface area contributed by atoms with E-state index in [0.717, 1.165) is 32.5 Å². The third kappa shape index (κ3) is 3.42. The van der Waals surface area contributed by atoms with Crippen molar-refractivity contribution in [3.05, 3.63) is 26.9 Å². The lowest BCUT2D eigenvalue weighted by molar-refractivity contribution is -0.384. The number of nitro groups is 1. The van der Waals surface area contributed by atoms with Crippen LogP contribution in [0.15, 0.2) is 16.7 Å².